The average Bonchev–Trinajstić information content (AvgIpc) is 2.25. The number of primary amides is 1. The predicted octanol–water partition coefficient (Wildman–Crippen LogP) is 2.09. The van der Waals surface area contributed by atoms with Crippen molar-refractivity contribution in [3.63, 3.8) is 0 Å². The number of halogens is 4. The Hall–Kier alpha value is -1.47. The average molecular weight is 299 g/mol. The summed E-state index contributed by atoms with van der Waals surface area (Å²) in [6.45, 7) is -0.133. The Morgan fingerprint density at radius 1 is 1.37 bits per heavy atom. The summed E-state index contributed by atoms with van der Waals surface area (Å²) in [5.74, 6) is 0. The molecule has 1 unspecified atom stereocenters. The molecule has 4 N–H and O–H groups in total. The number of benzene rings is 1. The van der Waals surface area contributed by atoms with Crippen LogP contribution >= 0.6 is 12.4 Å². The third-order valence-electron chi connectivity index (χ3n) is 2.19. The minimum absolute atomic E-state index is 0. The molecule has 0 spiro atoms. The van der Waals surface area contributed by atoms with Gasteiger partial charge in [-0.3, -0.25) is 0 Å². The molecule has 1 amide bonds. The number of rotatable bonds is 4. The van der Waals surface area contributed by atoms with E-state index in [9.17, 15) is 18.0 Å². The maximum absolute atomic E-state index is 12.4. The molecule has 1 atom stereocenters. The molecular weight excluding hydrogens is 285 g/mol. The highest BCUT2D eigenvalue weighted by Gasteiger charge is 2.30. The van der Waals surface area contributed by atoms with Crippen molar-refractivity contribution in [2.45, 2.75) is 18.6 Å². The fraction of sp³-hybridized carbons (Fsp3) is 0.364. The van der Waals surface area contributed by atoms with Gasteiger partial charge in [0.2, 0.25) is 0 Å². The van der Waals surface area contributed by atoms with E-state index in [0.29, 0.717) is 5.56 Å². The van der Waals surface area contributed by atoms with Gasteiger partial charge < -0.3 is 16.2 Å². The summed E-state index contributed by atoms with van der Waals surface area (Å²) in [4.78, 5) is 10.3. The van der Waals surface area contributed by atoms with E-state index in [-0.39, 0.29) is 25.4 Å². The Kier molecular flexibility index (Phi) is 6.64. The predicted molar refractivity (Wildman–Crippen MR) is 65.9 cm³/mol. The van der Waals surface area contributed by atoms with Crippen molar-refractivity contribution >= 4 is 18.5 Å². The van der Waals surface area contributed by atoms with Crippen LogP contribution in [0.4, 0.5) is 18.0 Å². The molecule has 19 heavy (non-hydrogen) atoms. The zero-order valence-corrected chi connectivity index (χ0v) is 10.6. The largest absolute Gasteiger partial charge is 0.448 e. The van der Waals surface area contributed by atoms with E-state index < -0.39 is 23.9 Å². The summed E-state index contributed by atoms with van der Waals surface area (Å²) >= 11 is 0. The molecular formula is C11H14ClF3N2O2. The van der Waals surface area contributed by atoms with E-state index in [0.717, 1.165) is 12.1 Å². The van der Waals surface area contributed by atoms with Crippen LogP contribution in [0.15, 0.2) is 24.3 Å². The molecule has 0 fully saturated rings. The van der Waals surface area contributed by atoms with Gasteiger partial charge in [0.1, 0.15) is 6.61 Å². The van der Waals surface area contributed by atoms with E-state index in [2.05, 4.69) is 4.74 Å². The molecule has 4 nitrogen and oxygen atoms in total. The van der Waals surface area contributed by atoms with Crippen molar-refractivity contribution in [1.29, 1.82) is 0 Å². The highest BCUT2D eigenvalue weighted by molar-refractivity contribution is 5.85. The highest BCUT2D eigenvalue weighted by atomic mass is 35.5. The Morgan fingerprint density at radius 2 is 2.00 bits per heavy atom. The first kappa shape index (κ1) is 17.5. The summed E-state index contributed by atoms with van der Waals surface area (Å²) in [7, 11) is 0. The number of ether oxygens (including phenoxy) is 1. The molecule has 0 heterocycles. The van der Waals surface area contributed by atoms with Gasteiger partial charge in [-0.25, -0.2) is 4.79 Å². The Bertz CT molecular complexity index is 427. The maximum atomic E-state index is 12.4. The minimum Gasteiger partial charge on any atom is -0.448 e. The van der Waals surface area contributed by atoms with Crippen molar-refractivity contribution < 1.29 is 22.7 Å². The van der Waals surface area contributed by atoms with Crippen molar-refractivity contribution in [2.75, 3.05) is 6.61 Å². The van der Waals surface area contributed by atoms with E-state index in [1.165, 1.54) is 12.1 Å². The molecule has 0 saturated heterocycles. The Balaban J connectivity index is 0.00000324. The second-order valence-corrected chi connectivity index (χ2v) is 3.79. The molecule has 0 saturated carbocycles. The van der Waals surface area contributed by atoms with E-state index in [1.54, 1.807) is 0 Å². The van der Waals surface area contributed by atoms with E-state index in [1.807, 2.05) is 0 Å². The third kappa shape index (κ3) is 6.30. The molecule has 0 bridgehead atoms. The SMILES string of the molecule is Cl.NC(=O)OCC(N)Cc1cccc(C(F)(F)F)c1. The molecule has 1 aromatic rings. The first-order chi connectivity index (χ1) is 8.29. The molecule has 1 aromatic carbocycles. The summed E-state index contributed by atoms with van der Waals surface area (Å²) < 4.78 is 41.8. The highest BCUT2D eigenvalue weighted by Crippen LogP contribution is 2.29. The van der Waals surface area contributed by atoms with Crippen LogP contribution in [0, 0.1) is 0 Å². The summed E-state index contributed by atoms with van der Waals surface area (Å²) in [5, 5.41) is 0. The number of hydrogen-bond acceptors (Lipinski definition) is 3. The lowest BCUT2D eigenvalue weighted by Gasteiger charge is -2.13. The number of nitrogens with two attached hydrogens (primary N) is 2. The quantitative estimate of drug-likeness (QED) is 0.893. The Labute approximate surface area is 114 Å². The number of alkyl halides is 3. The van der Waals surface area contributed by atoms with Crippen LogP contribution in [0.1, 0.15) is 11.1 Å². The van der Waals surface area contributed by atoms with Crippen molar-refractivity contribution in [3.05, 3.63) is 35.4 Å². The third-order valence-corrected chi connectivity index (χ3v) is 2.19. The van der Waals surface area contributed by atoms with Gasteiger partial charge in [0.25, 0.3) is 0 Å². The van der Waals surface area contributed by atoms with Crippen molar-refractivity contribution in [3.8, 4) is 0 Å². The second kappa shape index (κ2) is 7.20. The van der Waals surface area contributed by atoms with Crippen LogP contribution in [-0.4, -0.2) is 18.7 Å². The second-order valence-electron chi connectivity index (χ2n) is 3.79. The van der Waals surface area contributed by atoms with Crippen LogP contribution in [0.3, 0.4) is 0 Å². The normalized spacial score (nSPS) is 12.4. The van der Waals surface area contributed by atoms with Gasteiger partial charge in [-0.05, 0) is 18.1 Å². The van der Waals surface area contributed by atoms with Gasteiger partial charge in [-0.1, -0.05) is 18.2 Å². The molecule has 1 rings (SSSR count). The summed E-state index contributed by atoms with van der Waals surface area (Å²) in [6, 6.07) is 4.24. The Morgan fingerprint density at radius 3 is 2.53 bits per heavy atom. The van der Waals surface area contributed by atoms with Crippen LogP contribution in [0.5, 0.6) is 0 Å². The zero-order valence-electron chi connectivity index (χ0n) is 9.81. The van der Waals surface area contributed by atoms with E-state index >= 15 is 0 Å². The topological polar surface area (TPSA) is 78.3 Å². The lowest BCUT2D eigenvalue weighted by atomic mass is 10.0. The number of hydrogen-bond donors (Lipinski definition) is 2. The fourth-order valence-electron chi connectivity index (χ4n) is 1.43. The molecule has 0 aliphatic carbocycles. The molecule has 0 radical (unpaired) electrons. The summed E-state index contributed by atoms with van der Waals surface area (Å²) in [6.07, 6.45) is -5.18. The van der Waals surface area contributed by atoms with Gasteiger partial charge >= 0.3 is 12.3 Å². The van der Waals surface area contributed by atoms with Crippen LogP contribution in [0.2, 0.25) is 0 Å². The lowest BCUT2D eigenvalue weighted by molar-refractivity contribution is -0.137. The van der Waals surface area contributed by atoms with E-state index in [4.69, 9.17) is 11.5 Å². The van der Waals surface area contributed by atoms with Gasteiger partial charge in [0.05, 0.1) is 5.56 Å². The van der Waals surface area contributed by atoms with Crippen LogP contribution < -0.4 is 11.5 Å². The van der Waals surface area contributed by atoms with Crippen molar-refractivity contribution in [1.82, 2.24) is 0 Å². The minimum atomic E-state index is -4.39. The maximum Gasteiger partial charge on any atom is 0.416 e. The van der Waals surface area contributed by atoms with Gasteiger partial charge in [-0.15, -0.1) is 12.4 Å². The molecule has 8 heteroatoms. The zero-order chi connectivity index (χ0) is 13.8. The molecule has 0 aliphatic heterocycles. The first-order valence-electron chi connectivity index (χ1n) is 5.13. The van der Waals surface area contributed by atoms with Gasteiger partial charge in [0, 0.05) is 6.04 Å². The van der Waals surface area contributed by atoms with Crippen molar-refractivity contribution in [2.24, 2.45) is 11.5 Å². The monoisotopic (exact) mass is 298 g/mol. The van der Waals surface area contributed by atoms with Gasteiger partial charge in [-0.2, -0.15) is 13.2 Å². The number of amides is 1. The molecule has 108 valence electrons. The standard InChI is InChI=1S/C11H13F3N2O2.ClH/c12-11(13,14)8-3-1-2-7(4-8)5-9(15)6-18-10(16)17;/h1-4,9H,5-6,15H2,(H2,16,17);1H. The lowest BCUT2D eigenvalue weighted by Crippen LogP contribution is -2.31. The first-order valence-corrected chi connectivity index (χ1v) is 5.13. The summed E-state index contributed by atoms with van der Waals surface area (Å²) in [5.41, 5.74) is 10.0. The molecule has 0 aliphatic rings. The van der Waals surface area contributed by atoms with Crippen LogP contribution in [-0.2, 0) is 17.3 Å². The van der Waals surface area contributed by atoms with Gasteiger partial charge in [0.15, 0.2) is 0 Å². The molecule has 0 aromatic heterocycles. The number of carbonyl (C=O) groups is 1. The number of carbonyl (C=O) groups excluding carboxylic acids is 1. The van der Waals surface area contributed by atoms with Crippen LogP contribution in [0.25, 0.3) is 0 Å². The fourth-order valence-corrected chi connectivity index (χ4v) is 1.43. The smallest absolute Gasteiger partial charge is 0.416 e.